The topological polar surface area (TPSA) is 78.5 Å². The number of piperidine rings is 1. The second kappa shape index (κ2) is 7.09. The van der Waals surface area contributed by atoms with Crippen molar-refractivity contribution in [1.82, 2.24) is 9.62 Å². The van der Waals surface area contributed by atoms with Gasteiger partial charge in [0.1, 0.15) is 4.21 Å². The van der Waals surface area contributed by atoms with Crippen molar-refractivity contribution in [2.45, 2.75) is 36.1 Å². The van der Waals surface area contributed by atoms with Gasteiger partial charge in [-0.1, -0.05) is 17.7 Å². The van der Waals surface area contributed by atoms with Crippen molar-refractivity contribution < 1.29 is 13.2 Å². The lowest BCUT2D eigenvalue weighted by atomic mass is 10.1. The number of hydrogen-bond donors (Lipinski definition) is 2. The number of amides is 2. The van der Waals surface area contributed by atoms with E-state index in [2.05, 4.69) is 10.0 Å². The fourth-order valence-electron chi connectivity index (χ4n) is 4.01. The van der Waals surface area contributed by atoms with Crippen LogP contribution in [0.3, 0.4) is 0 Å². The van der Waals surface area contributed by atoms with Gasteiger partial charge in [0, 0.05) is 23.3 Å². The Hall–Kier alpha value is -1.61. The molecule has 144 valence electrons. The van der Waals surface area contributed by atoms with Gasteiger partial charge in [0.15, 0.2) is 0 Å². The molecule has 1 aromatic carbocycles. The third-order valence-corrected chi connectivity index (χ3v) is 8.36. The number of halogens is 1. The molecule has 0 radical (unpaired) electrons. The normalized spacial score (nSPS) is 24.4. The molecule has 2 N–H and O–H groups in total. The number of likely N-dealkylation sites (tertiary alicyclic amines) is 1. The molecular formula is C18H20ClN3O3S2. The molecule has 1 aromatic heterocycles. The van der Waals surface area contributed by atoms with E-state index in [0.29, 0.717) is 27.4 Å². The van der Waals surface area contributed by atoms with Crippen molar-refractivity contribution in [3.8, 4) is 0 Å². The van der Waals surface area contributed by atoms with Crippen LogP contribution in [0.1, 0.15) is 18.4 Å². The van der Waals surface area contributed by atoms with E-state index in [0.717, 1.165) is 18.4 Å². The zero-order valence-corrected chi connectivity index (χ0v) is 17.1. The Kier molecular flexibility index (Phi) is 4.92. The van der Waals surface area contributed by atoms with Gasteiger partial charge in [-0.2, -0.15) is 0 Å². The molecule has 1 aliphatic heterocycles. The highest BCUT2D eigenvalue weighted by Gasteiger charge is 2.48. The number of urea groups is 1. The van der Waals surface area contributed by atoms with Gasteiger partial charge in [-0.15, -0.1) is 11.3 Å². The maximum Gasteiger partial charge on any atom is 0.322 e. The molecule has 4 rings (SSSR count). The molecule has 2 aliphatic rings. The smallest absolute Gasteiger partial charge is 0.320 e. The second-order valence-electron chi connectivity index (χ2n) is 7.11. The summed E-state index contributed by atoms with van der Waals surface area (Å²) in [5, 5.41) is 5.29. The van der Waals surface area contributed by atoms with Crippen molar-refractivity contribution in [3.63, 3.8) is 0 Å². The minimum absolute atomic E-state index is 0.127. The molecule has 2 fully saturated rings. The van der Waals surface area contributed by atoms with Crippen molar-refractivity contribution >= 4 is 44.7 Å². The number of rotatable bonds is 4. The molecule has 6 nitrogen and oxygen atoms in total. The molecule has 1 saturated carbocycles. The number of benzene rings is 1. The first-order chi connectivity index (χ1) is 12.8. The molecule has 1 saturated heterocycles. The largest absolute Gasteiger partial charge is 0.322 e. The van der Waals surface area contributed by atoms with E-state index in [9.17, 15) is 13.2 Å². The third-order valence-electron chi connectivity index (χ3n) is 5.24. The van der Waals surface area contributed by atoms with Crippen LogP contribution in [-0.4, -0.2) is 38.0 Å². The number of nitrogens with zero attached hydrogens (tertiary/aromatic N) is 1. The van der Waals surface area contributed by atoms with Crippen LogP contribution >= 0.6 is 22.9 Å². The van der Waals surface area contributed by atoms with E-state index in [1.54, 1.807) is 40.6 Å². The number of carbonyl (C=O) groups excluding carboxylic acids is 1. The molecule has 2 aromatic rings. The third kappa shape index (κ3) is 3.71. The SMILES string of the molecule is Cc1cc(Cl)ccc1NC(=O)N1CC2CC(NS(=O)(=O)c3cccs3)C1C2. The number of thiophene rings is 1. The number of sulfonamides is 1. The Labute approximate surface area is 167 Å². The first-order valence-corrected chi connectivity index (χ1v) is 11.5. The fraction of sp³-hybridized carbons (Fsp3) is 0.389. The fourth-order valence-corrected chi connectivity index (χ4v) is 6.53. The van der Waals surface area contributed by atoms with E-state index in [1.807, 2.05) is 6.92 Å². The van der Waals surface area contributed by atoms with Crippen LogP contribution in [-0.2, 0) is 10.0 Å². The Morgan fingerprint density at radius 1 is 1.30 bits per heavy atom. The minimum Gasteiger partial charge on any atom is -0.320 e. The molecule has 2 bridgehead atoms. The summed E-state index contributed by atoms with van der Waals surface area (Å²) in [7, 11) is -3.55. The van der Waals surface area contributed by atoms with E-state index < -0.39 is 10.0 Å². The Morgan fingerprint density at radius 2 is 2.11 bits per heavy atom. The average Bonchev–Trinajstić information content (AvgIpc) is 3.32. The molecule has 9 heteroatoms. The number of hydrogen-bond acceptors (Lipinski definition) is 4. The van der Waals surface area contributed by atoms with E-state index in [4.69, 9.17) is 11.6 Å². The van der Waals surface area contributed by atoms with Crippen LogP contribution in [0.5, 0.6) is 0 Å². The molecule has 2 amide bonds. The summed E-state index contributed by atoms with van der Waals surface area (Å²) in [4.78, 5) is 14.5. The summed E-state index contributed by atoms with van der Waals surface area (Å²) in [6.07, 6.45) is 1.59. The Balaban J connectivity index is 1.47. The van der Waals surface area contributed by atoms with E-state index in [-0.39, 0.29) is 18.1 Å². The van der Waals surface area contributed by atoms with Gasteiger partial charge in [-0.25, -0.2) is 17.9 Å². The lowest BCUT2D eigenvalue weighted by Crippen LogP contribution is -2.52. The highest BCUT2D eigenvalue weighted by atomic mass is 35.5. The lowest BCUT2D eigenvalue weighted by Gasteiger charge is -2.33. The van der Waals surface area contributed by atoms with Crippen LogP contribution in [0.4, 0.5) is 10.5 Å². The first kappa shape index (κ1) is 18.7. The predicted octanol–water partition coefficient (Wildman–Crippen LogP) is 3.68. The van der Waals surface area contributed by atoms with Crippen LogP contribution in [0.25, 0.3) is 0 Å². The monoisotopic (exact) mass is 425 g/mol. The van der Waals surface area contributed by atoms with Gasteiger partial charge in [0.2, 0.25) is 10.0 Å². The van der Waals surface area contributed by atoms with E-state index >= 15 is 0 Å². The van der Waals surface area contributed by atoms with Crippen molar-refractivity contribution in [2.24, 2.45) is 5.92 Å². The first-order valence-electron chi connectivity index (χ1n) is 8.73. The van der Waals surface area contributed by atoms with Gasteiger partial charge in [0.25, 0.3) is 0 Å². The molecule has 2 heterocycles. The molecular weight excluding hydrogens is 406 g/mol. The Bertz CT molecular complexity index is 962. The average molecular weight is 426 g/mol. The van der Waals surface area contributed by atoms with Gasteiger partial charge in [-0.3, -0.25) is 0 Å². The number of aryl methyl sites for hydroxylation is 1. The van der Waals surface area contributed by atoms with Gasteiger partial charge < -0.3 is 10.2 Å². The summed E-state index contributed by atoms with van der Waals surface area (Å²) in [6, 6.07) is 8.03. The van der Waals surface area contributed by atoms with Crippen LogP contribution in [0, 0.1) is 12.8 Å². The van der Waals surface area contributed by atoms with Crippen LogP contribution in [0.15, 0.2) is 39.9 Å². The van der Waals surface area contributed by atoms with Gasteiger partial charge >= 0.3 is 6.03 Å². The van der Waals surface area contributed by atoms with Crippen molar-refractivity contribution in [1.29, 1.82) is 0 Å². The highest BCUT2D eigenvalue weighted by Crippen LogP contribution is 2.39. The summed E-state index contributed by atoms with van der Waals surface area (Å²) in [5.41, 5.74) is 1.60. The maximum atomic E-state index is 12.8. The number of anilines is 1. The quantitative estimate of drug-likeness (QED) is 0.784. The maximum absolute atomic E-state index is 12.8. The highest BCUT2D eigenvalue weighted by molar-refractivity contribution is 7.91. The molecule has 27 heavy (non-hydrogen) atoms. The molecule has 3 unspecified atom stereocenters. The van der Waals surface area contributed by atoms with E-state index in [1.165, 1.54) is 11.3 Å². The number of fused-ring (bicyclic) bond motifs is 2. The molecule has 0 spiro atoms. The summed E-state index contributed by atoms with van der Waals surface area (Å²) < 4.78 is 28.2. The zero-order valence-electron chi connectivity index (χ0n) is 14.7. The number of carbonyl (C=O) groups is 1. The van der Waals surface area contributed by atoms with Crippen molar-refractivity contribution in [3.05, 3.63) is 46.3 Å². The summed E-state index contributed by atoms with van der Waals surface area (Å²) in [5.74, 6) is 0.322. The minimum atomic E-state index is -3.55. The molecule has 1 aliphatic carbocycles. The number of nitrogens with one attached hydrogen (secondary N) is 2. The van der Waals surface area contributed by atoms with Crippen LogP contribution in [0.2, 0.25) is 5.02 Å². The van der Waals surface area contributed by atoms with Gasteiger partial charge in [-0.05, 0) is 60.9 Å². The summed E-state index contributed by atoms with van der Waals surface area (Å²) in [6.45, 7) is 2.54. The van der Waals surface area contributed by atoms with Gasteiger partial charge in [0.05, 0.1) is 6.04 Å². The Morgan fingerprint density at radius 3 is 2.78 bits per heavy atom. The summed E-state index contributed by atoms with van der Waals surface area (Å²) >= 11 is 7.16. The predicted molar refractivity (Wildman–Crippen MR) is 107 cm³/mol. The lowest BCUT2D eigenvalue weighted by molar-refractivity contribution is 0.183. The molecule has 3 atom stereocenters. The zero-order chi connectivity index (χ0) is 19.2. The second-order valence-corrected chi connectivity index (χ2v) is 10.4. The van der Waals surface area contributed by atoms with Crippen molar-refractivity contribution in [2.75, 3.05) is 11.9 Å². The standard InChI is InChI=1S/C18H20ClN3O3S2/c1-11-7-13(19)4-5-14(11)20-18(23)22-10-12-8-15(16(22)9-12)21-27(24,25)17-3-2-6-26-17/h2-7,12,15-16,21H,8-10H2,1H3,(H,20,23). The van der Waals surface area contributed by atoms with Crippen LogP contribution < -0.4 is 10.0 Å².